The van der Waals surface area contributed by atoms with Gasteiger partial charge in [0.15, 0.2) is 10.6 Å². The number of aromatic nitrogens is 3. The predicted molar refractivity (Wildman–Crippen MR) is 53.3 cm³/mol. The molecular formula is C7H12N4O3S. The lowest BCUT2D eigenvalue weighted by molar-refractivity contribution is -0.122. The number of primary amides is 1. The van der Waals surface area contributed by atoms with Crippen LogP contribution in [0.5, 0.6) is 0 Å². The van der Waals surface area contributed by atoms with Crippen LogP contribution in [-0.4, -0.2) is 39.0 Å². The second-order valence-corrected chi connectivity index (χ2v) is 3.16. The molecule has 1 rings (SSSR count). The summed E-state index contributed by atoms with van der Waals surface area (Å²) in [5.41, 5.74) is 4.89. The number of ether oxygens (including phenoxy) is 1. The van der Waals surface area contributed by atoms with E-state index in [0.717, 1.165) is 0 Å². The smallest absolute Gasteiger partial charge is 0.243 e. The lowest BCUT2D eigenvalue weighted by Gasteiger charge is -2.04. The van der Waals surface area contributed by atoms with Gasteiger partial charge in [0.1, 0.15) is 13.2 Å². The van der Waals surface area contributed by atoms with Crippen molar-refractivity contribution >= 4 is 18.1 Å². The fourth-order valence-corrected chi connectivity index (χ4v) is 1.27. The number of carbonyl (C=O) groups excluding carboxylic acids is 1. The lowest BCUT2D eigenvalue weighted by Crippen LogP contribution is -2.20. The first kappa shape index (κ1) is 11.8. The number of hydrogen-bond donors (Lipinski definition) is 3. The molecule has 1 heterocycles. The van der Waals surface area contributed by atoms with E-state index in [2.05, 4.69) is 10.2 Å². The van der Waals surface area contributed by atoms with E-state index >= 15 is 0 Å². The van der Waals surface area contributed by atoms with E-state index < -0.39 is 5.91 Å². The molecule has 4 N–H and O–H groups in total. The number of nitrogens with one attached hydrogen (secondary N) is 1. The Morgan fingerprint density at radius 2 is 2.47 bits per heavy atom. The molecule has 0 aliphatic heterocycles. The zero-order chi connectivity index (χ0) is 11.3. The normalized spacial score (nSPS) is 10.5. The molecule has 0 aromatic carbocycles. The third-order valence-electron chi connectivity index (χ3n) is 1.68. The summed E-state index contributed by atoms with van der Waals surface area (Å²) in [6, 6.07) is 0. The molecule has 1 amide bonds. The molecule has 0 saturated carbocycles. The fraction of sp³-hybridized carbons (Fsp3) is 0.571. The summed E-state index contributed by atoms with van der Waals surface area (Å²) in [7, 11) is 0. The highest BCUT2D eigenvalue weighted by molar-refractivity contribution is 7.71. The quantitative estimate of drug-likeness (QED) is 0.428. The maximum absolute atomic E-state index is 10.4. The second-order valence-electron chi connectivity index (χ2n) is 2.77. The van der Waals surface area contributed by atoms with Crippen LogP contribution in [-0.2, 0) is 22.7 Å². The highest BCUT2D eigenvalue weighted by Crippen LogP contribution is 1.97. The first-order chi connectivity index (χ1) is 7.15. The summed E-state index contributed by atoms with van der Waals surface area (Å²) in [4.78, 5) is 10.4. The second kappa shape index (κ2) is 5.59. The molecule has 0 spiro atoms. The Balaban J connectivity index is 2.46. The molecule has 84 valence electrons. The summed E-state index contributed by atoms with van der Waals surface area (Å²) in [5, 5.41) is 15.3. The monoisotopic (exact) mass is 232 g/mol. The number of aromatic amines is 1. The first-order valence-electron chi connectivity index (χ1n) is 4.26. The van der Waals surface area contributed by atoms with Crippen LogP contribution in [0, 0.1) is 4.77 Å². The third-order valence-corrected chi connectivity index (χ3v) is 1.99. The van der Waals surface area contributed by atoms with E-state index in [1.807, 2.05) is 0 Å². The topological polar surface area (TPSA) is 106 Å². The van der Waals surface area contributed by atoms with Crippen LogP contribution in [0.25, 0.3) is 0 Å². The molecule has 0 radical (unpaired) electrons. The molecule has 0 unspecified atom stereocenters. The number of hydrogen-bond acceptors (Lipinski definition) is 5. The standard InChI is InChI=1S/C7H12N4O3S/c8-5(13)4-14-2-1-11-6(3-12)9-10-7(11)15/h12H,1-4H2,(H2,8,13)(H,10,15). The molecule has 0 saturated heterocycles. The number of nitrogens with two attached hydrogens (primary N) is 1. The molecular weight excluding hydrogens is 220 g/mol. The maximum Gasteiger partial charge on any atom is 0.243 e. The molecule has 0 bridgehead atoms. The van der Waals surface area contributed by atoms with Crippen LogP contribution >= 0.6 is 12.2 Å². The number of nitrogens with zero attached hydrogens (tertiary/aromatic N) is 2. The SMILES string of the molecule is NC(=O)COCCn1c(CO)n[nH]c1=S. The van der Waals surface area contributed by atoms with Gasteiger partial charge in [0, 0.05) is 0 Å². The highest BCUT2D eigenvalue weighted by atomic mass is 32.1. The minimum atomic E-state index is -0.520. The van der Waals surface area contributed by atoms with Gasteiger partial charge in [0.25, 0.3) is 0 Å². The van der Waals surface area contributed by atoms with E-state index in [4.69, 9.17) is 27.8 Å². The molecule has 0 aliphatic rings. The van der Waals surface area contributed by atoms with Crippen LogP contribution < -0.4 is 5.73 Å². The van der Waals surface area contributed by atoms with Gasteiger partial charge in [-0.15, -0.1) is 0 Å². The van der Waals surface area contributed by atoms with Gasteiger partial charge in [-0.25, -0.2) is 0 Å². The van der Waals surface area contributed by atoms with E-state index in [-0.39, 0.29) is 19.8 Å². The third kappa shape index (κ3) is 3.42. The van der Waals surface area contributed by atoms with E-state index in [1.165, 1.54) is 0 Å². The molecule has 0 fully saturated rings. The number of H-pyrrole nitrogens is 1. The minimum absolute atomic E-state index is 0.125. The number of amides is 1. The van der Waals surface area contributed by atoms with Gasteiger partial charge in [-0.05, 0) is 12.2 Å². The number of aliphatic hydroxyl groups is 1. The average Bonchev–Trinajstić information content (AvgIpc) is 2.54. The molecule has 8 heteroatoms. The molecule has 0 aliphatic carbocycles. The lowest BCUT2D eigenvalue weighted by atomic mass is 10.5. The zero-order valence-electron chi connectivity index (χ0n) is 7.97. The summed E-state index contributed by atoms with van der Waals surface area (Å²) in [6.45, 7) is 0.366. The van der Waals surface area contributed by atoms with Crippen molar-refractivity contribution in [2.45, 2.75) is 13.2 Å². The number of rotatable bonds is 6. The van der Waals surface area contributed by atoms with Crippen molar-refractivity contribution < 1.29 is 14.6 Å². The Hall–Kier alpha value is -1.25. The number of aliphatic hydroxyl groups excluding tert-OH is 1. The summed E-state index contributed by atoms with van der Waals surface area (Å²) in [6.07, 6.45) is 0. The van der Waals surface area contributed by atoms with E-state index in [9.17, 15) is 4.79 Å². The summed E-state index contributed by atoms with van der Waals surface area (Å²) < 4.78 is 6.96. The van der Waals surface area contributed by atoms with Gasteiger partial charge in [-0.1, -0.05) is 0 Å². The highest BCUT2D eigenvalue weighted by Gasteiger charge is 2.04. The molecule has 1 aromatic rings. The van der Waals surface area contributed by atoms with Crippen LogP contribution in [0.1, 0.15) is 5.82 Å². The summed E-state index contributed by atoms with van der Waals surface area (Å²) in [5.74, 6) is -0.0872. The zero-order valence-corrected chi connectivity index (χ0v) is 8.79. The Bertz CT molecular complexity index is 386. The molecule has 0 atom stereocenters. The van der Waals surface area contributed by atoms with Gasteiger partial charge in [-0.2, -0.15) is 5.10 Å². The number of carbonyl (C=O) groups is 1. The first-order valence-corrected chi connectivity index (χ1v) is 4.67. The van der Waals surface area contributed by atoms with Gasteiger partial charge >= 0.3 is 0 Å². The molecule has 7 nitrogen and oxygen atoms in total. The van der Waals surface area contributed by atoms with Crippen molar-refractivity contribution in [1.29, 1.82) is 0 Å². The van der Waals surface area contributed by atoms with Crippen LogP contribution in [0.4, 0.5) is 0 Å². The van der Waals surface area contributed by atoms with Crippen molar-refractivity contribution in [2.75, 3.05) is 13.2 Å². The van der Waals surface area contributed by atoms with Crippen molar-refractivity contribution in [1.82, 2.24) is 14.8 Å². The van der Waals surface area contributed by atoms with Crippen LogP contribution in [0.15, 0.2) is 0 Å². The van der Waals surface area contributed by atoms with Gasteiger partial charge < -0.3 is 15.6 Å². The van der Waals surface area contributed by atoms with Gasteiger partial charge in [0.05, 0.1) is 13.2 Å². The predicted octanol–water partition coefficient (Wildman–Crippen LogP) is -1.07. The van der Waals surface area contributed by atoms with Crippen molar-refractivity contribution in [3.63, 3.8) is 0 Å². The van der Waals surface area contributed by atoms with Crippen molar-refractivity contribution in [3.05, 3.63) is 10.6 Å². The Morgan fingerprint density at radius 1 is 1.73 bits per heavy atom. The molecule has 1 aromatic heterocycles. The van der Waals surface area contributed by atoms with E-state index in [1.54, 1.807) is 4.57 Å². The Labute approximate surface area is 90.9 Å². The average molecular weight is 232 g/mol. The maximum atomic E-state index is 10.4. The van der Waals surface area contributed by atoms with Crippen molar-refractivity contribution in [3.8, 4) is 0 Å². The Morgan fingerprint density at radius 3 is 3.07 bits per heavy atom. The Kier molecular flexibility index (Phi) is 4.40. The minimum Gasteiger partial charge on any atom is -0.388 e. The van der Waals surface area contributed by atoms with Crippen molar-refractivity contribution in [2.24, 2.45) is 5.73 Å². The fourth-order valence-electron chi connectivity index (χ4n) is 1.03. The van der Waals surface area contributed by atoms with Gasteiger partial charge in [-0.3, -0.25) is 14.5 Å². The van der Waals surface area contributed by atoms with Crippen LogP contribution in [0.3, 0.4) is 0 Å². The van der Waals surface area contributed by atoms with Gasteiger partial charge in [0.2, 0.25) is 5.91 Å². The van der Waals surface area contributed by atoms with E-state index in [0.29, 0.717) is 17.1 Å². The summed E-state index contributed by atoms with van der Waals surface area (Å²) >= 11 is 4.93. The van der Waals surface area contributed by atoms with Crippen LogP contribution in [0.2, 0.25) is 0 Å². The molecule has 15 heavy (non-hydrogen) atoms. The largest absolute Gasteiger partial charge is 0.388 e.